The maximum atomic E-state index is 13.5. The summed E-state index contributed by atoms with van der Waals surface area (Å²) in [6.45, 7) is 3.65. The Morgan fingerprint density at radius 2 is 1.88 bits per heavy atom. The number of benzene rings is 2. The highest BCUT2D eigenvalue weighted by Crippen LogP contribution is 2.48. The number of piperidine rings is 1. The van der Waals surface area contributed by atoms with Crippen molar-refractivity contribution in [1.29, 1.82) is 0 Å². The predicted molar refractivity (Wildman–Crippen MR) is 161 cm³/mol. The molecule has 2 unspecified atom stereocenters. The predicted octanol–water partition coefficient (Wildman–Crippen LogP) is 5.27. The van der Waals surface area contributed by atoms with Crippen LogP contribution in [0.3, 0.4) is 0 Å². The van der Waals surface area contributed by atoms with E-state index in [1.807, 2.05) is 54.6 Å². The van der Waals surface area contributed by atoms with Crippen molar-refractivity contribution in [3.05, 3.63) is 83.6 Å². The molecule has 1 amide bonds. The van der Waals surface area contributed by atoms with Crippen molar-refractivity contribution in [2.75, 3.05) is 31.5 Å². The number of nitrogens with one attached hydrogen (secondary N) is 2. The van der Waals surface area contributed by atoms with E-state index in [9.17, 15) is 14.7 Å². The first-order chi connectivity index (χ1) is 20.0. The molecule has 7 heteroatoms. The number of pyridine rings is 1. The van der Waals surface area contributed by atoms with Crippen LogP contribution < -0.4 is 10.6 Å². The second-order valence-corrected chi connectivity index (χ2v) is 12.0. The molecule has 0 spiro atoms. The van der Waals surface area contributed by atoms with Crippen LogP contribution in [0, 0.1) is 5.92 Å². The molecule has 1 saturated carbocycles. The maximum Gasteiger partial charge on any atom is 0.313 e. The van der Waals surface area contributed by atoms with Gasteiger partial charge in [-0.05, 0) is 92.8 Å². The Hall–Kier alpha value is -3.71. The van der Waals surface area contributed by atoms with Crippen LogP contribution in [0.5, 0.6) is 0 Å². The zero-order chi connectivity index (χ0) is 28.2. The van der Waals surface area contributed by atoms with Gasteiger partial charge in [0.1, 0.15) is 11.7 Å². The van der Waals surface area contributed by atoms with Crippen LogP contribution in [0.25, 0.3) is 11.1 Å². The number of carboxylic acid groups (broad SMARTS) is 1. The Labute approximate surface area is 242 Å². The molecule has 214 valence electrons. The average molecular weight is 553 g/mol. The number of carboxylic acids is 1. The highest BCUT2D eigenvalue weighted by atomic mass is 16.4. The summed E-state index contributed by atoms with van der Waals surface area (Å²) in [7, 11) is 0. The quantitative estimate of drug-likeness (QED) is 0.317. The summed E-state index contributed by atoms with van der Waals surface area (Å²) in [6, 6.07) is 22.1. The van der Waals surface area contributed by atoms with Crippen LogP contribution in [0.1, 0.15) is 61.3 Å². The van der Waals surface area contributed by atoms with Gasteiger partial charge < -0.3 is 20.6 Å². The highest BCUT2D eigenvalue weighted by molar-refractivity contribution is 5.85. The summed E-state index contributed by atoms with van der Waals surface area (Å²) < 4.78 is 0. The molecule has 3 aliphatic rings. The summed E-state index contributed by atoms with van der Waals surface area (Å²) in [4.78, 5) is 33.3. The van der Waals surface area contributed by atoms with Gasteiger partial charge in [0.25, 0.3) is 0 Å². The van der Waals surface area contributed by atoms with Gasteiger partial charge in [-0.1, -0.05) is 60.7 Å². The first-order valence-electron chi connectivity index (χ1n) is 15.2. The summed E-state index contributed by atoms with van der Waals surface area (Å²) in [5, 5.41) is 17.0. The molecular weight excluding hydrogens is 512 g/mol. The summed E-state index contributed by atoms with van der Waals surface area (Å²) in [5.74, 6) is -0.723. The molecule has 3 heterocycles. The SMILES string of the molecule is O=C(NC1(C(C(=O)O)c2cccc(-c3ccccc3)c2)CC1)C1CCCN(CCCc2ccc3c(n2)NCCC3)C1. The van der Waals surface area contributed by atoms with Gasteiger partial charge in [0.2, 0.25) is 5.91 Å². The van der Waals surface area contributed by atoms with Gasteiger partial charge in [-0.15, -0.1) is 0 Å². The number of anilines is 1. The standard InChI is InChI=1S/C34H40N4O3/c39-32(28-13-6-20-38(23-28)21-7-14-29-16-15-25-12-5-19-35-31(25)36-29)37-34(17-18-34)30(33(40)41)27-11-4-10-26(22-27)24-8-2-1-3-9-24/h1-4,8-11,15-16,22,28,30H,5-7,12-14,17-21,23H2,(H,35,36)(H,37,39)(H,40,41). The van der Waals surface area contributed by atoms with Crippen molar-refractivity contribution in [3.8, 4) is 11.1 Å². The average Bonchev–Trinajstić information content (AvgIpc) is 3.77. The normalized spacial score (nSPS) is 20.3. The minimum atomic E-state index is -0.885. The first kappa shape index (κ1) is 27.5. The second kappa shape index (κ2) is 12.0. The van der Waals surface area contributed by atoms with Gasteiger partial charge >= 0.3 is 5.97 Å². The van der Waals surface area contributed by atoms with Crippen LogP contribution >= 0.6 is 0 Å². The third-order valence-corrected chi connectivity index (χ3v) is 9.02. The highest BCUT2D eigenvalue weighted by Gasteiger charge is 2.55. The number of hydrogen-bond acceptors (Lipinski definition) is 5. The van der Waals surface area contributed by atoms with Crippen LogP contribution in [-0.4, -0.2) is 58.6 Å². The number of aliphatic carboxylic acids is 1. The molecule has 2 fully saturated rings. The van der Waals surface area contributed by atoms with E-state index >= 15 is 0 Å². The molecular formula is C34H40N4O3. The van der Waals surface area contributed by atoms with Crippen LogP contribution in [0.2, 0.25) is 0 Å². The minimum Gasteiger partial charge on any atom is -0.481 e. The third-order valence-electron chi connectivity index (χ3n) is 9.02. The number of carbonyl (C=O) groups excluding carboxylic acids is 1. The third kappa shape index (κ3) is 6.30. The summed E-state index contributed by atoms with van der Waals surface area (Å²) in [5.41, 5.74) is 4.50. The van der Waals surface area contributed by atoms with Crippen molar-refractivity contribution < 1.29 is 14.7 Å². The molecule has 7 nitrogen and oxygen atoms in total. The zero-order valence-electron chi connectivity index (χ0n) is 23.6. The maximum absolute atomic E-state index is 13.5. The van der Waals surface area contributed by atoms with Gasteiger partial charge in [-0.2, -0.15) is 0 Å². The monoisotopic (exact) mass is 552 g/mol. The number of amides is 1. The van der Waals surface area contributed by atoms with E-state index in [1.165, 1.54) is 5.56 Å². The van der Waals surface area contributed by atoms with Crippen LogP contribution in [0.4, 0.5) is 5.82 Å². The van der Waals surface area contributed by atoms with Gasteiger partial charge in [0.05, 0.1) is 11.5 Å². The first-order valence-corrected chi connectivity index (χ1v) is 15.2. The van der Waals surface area contributed by atoms with Crippen molar-refractivity contribution in [3.63, 3.8) is 0 Å². The van der Waals surface area contributed by atoms with E-state index in [4.69, 9.17) is 4.98 Å². The summed E-state index contributed by atoms with van der Waals surface area (Å²) >= 11 is 0. The lowest BCUT2D eigenvalue weighted by molar-refractivity contribution is -0.140. The molecule has 1 aliphatic carbocycles. The number of aryl methyl sites for hydroxylation is 2. The number of hydrogen-bond donors (Lipinski definition) is 3. The van der Waals surface area contributed by atoms with Gasteiger partial charge in [0, 0.05) is 18.8 Å². The van der Waals surface area contributed by atoms with E-state index in [0.717, 1.165) is 92.9 Å². The molecule has 0 bridgehead atoms. The Balaban J connectivity index is 1.06. The number of fused-ring (bicyclic) bond motifs is 1. The number of likely N-dealkylation sites (tertiary alicyclic amines) is 1. The lowest BCUT2D eigenvalue weighted by Crippen LogP contribution is -2.50. The molecule has 3 aromatic rings. The lowest BCUT2D eigenvalue weighted by Gasteiger charge is -2.34. The fraction of sp³-hybridized carbons (Fsp3) is 0.441. The van der Waals surface area contributed by atoms with Crippen molar-refractivity contribution >= 4 is 17.7 Å². The summed E-state index contributed by atoms with van der Waals surface area (Å²) in [6.07, 6.45) is 7.38. The van der Waals surface area contributed by atoms with Crippen molar-refractivity contribution in [1.82, 2.24) is 15.2 Å². The van der Waals surface area contributed by atoms with Gasteiger partial charge in [-0.25, -0.2) is 4.98 Å². The number of aromatic nitrogens is 1. The van der Waals surface area contributed by atoms with Crippen molar-refractivity contribution in [2.24, 2.45) is 5.92 Å². The van der Waals surface area contributed by atoms with E-state index in [-0.39, 0.29) is 11.8 Å². The number of rotatable bonds is 10. The number of carbonyl (C=O) groups is 2. The fourth-order valence-corrected chi connectivity index (χ4v) is 6.66. The molecule has 3 N–H and O–H groups in total. The molecule has 1 saturated heterocycles. The topological polar surface area (TPSA) is 94.6 Å². The van der Waals surface area contributed by atoms with Gasteiger partial charge in [0.15, 0.2) is 0 Å². The second-order valence-electron chi connectivity index (χ2n) is 12.0. The van der Waals surface area contributed by atoms with Crippen molar-refractivity contribution in [2.45, 2.75) is 62.8 Å². The van der Waals surface area contributed by atoms with Crippen LogP contribution in [0.15, 0.2) is 66.7 Å². The molecule has 0 radical (unpaired) electrons. The molecule has 41 heavy (non-hydrogen) atoms. The Morgan fingerprint density at radius 1 is 1.05 bits per heavy atom. The minimum absolute atomic E-state index is 0.0000854. The van der Waals surface area contributed by atoms with Gasteiger partial charge in [-0.3, -0.25) is 9.59 Å². The molecule has 1 aromatic heterocycles. The molecule has 6 rings (SSSR count). The van der Waals surface area contributed by atoms with E-state index in [0.29, 0.717) is 12.8 Å². The van der Waals surface area contributed by atoms with E-state index in [2.05, 4.69) is 27.7 Å². The fourth-order valence-electron chi connectivity index (χ4n) is 6.66. The van der Waals surface area contributed by atoms with E-state index in [1.54, 1.807) is 0 Å². The number of nitrogens with zero attached hydrogens (tertiary/aromatic N) is 2. The molecule has 2 atom stereocenters. The van der Waals surface area contributed by atoms with E-state index < -0.39 is 17.4 Å². The molecule has 2 aromatic carbocycles. The molecule has 2 aliphatic heterocycles. The Kier molecular flexibility index (Phi) is 8.06. The smallest absolute Gasteiger partial charge is 0.313 e. The Bertz CT molecular complexity index is 1390. The van der Waals surface area contributed by atoms with Crippen LogP contribution in [-0.2, 0) is 22.4 Å². The Morgan fingerprint density at radius 3 is 2.68 bits per heavy atom. The largest absolute Gasteiger partial charge is 0.481 e. The zero-order valence-corrected chi connectivity index (χ0v) is 23.6. The lowest BCUT2D eigenvalue weighted by atomic mass is 9.86.